The summed E-state index contributed by atoms with van der Waals surface area (Å²) in [5.74, 6) is 0.178. The molecule has 1 fully saturated rings. The molecule has 0 bridgehead atoms. The normalized spacial score (nSPS) is 13.4. The highest BCUT2D eigenvalue weighted by Gasteiger charge is 2.29. The molecule has 176 valence electrons. The van der Waals surface area contributed by atoms with Gasteiger partial charge in [-0.1, -0.05) is 12.1 Å². The van der Waals surface area contributed by atoms with E-state index in [0.29, 0.717) is 17.4 Å². The molecular weight excluding hydrogens is 428 g/mol. The Balaban J connectivity index is 1.52. The lowest BCUT2D eigenvalue weighted by molar-refractivity contribution is -0.125. The molecule has 1 aliphatic carbocycles. The highest BCUT2D eigenvalue weighted by atomic mass is 16.5. The van der Waals surface area contributed by atoms with Crippen molar-refractivity contribution >= 4 is 23.5 Å². The Morgan fingerprint density at radius 2 is 1.67 bits per heavy atom. The summed E-state index contributed by atoms with van der Waals surface area (Å²) in [5, 5.41) is 5.53. The standard InChI is InChI=1S/C24H28N2O7/c1-15(16-8-9-16)25-22(27)14-33-24(29)17-10-11-20(21(12-17)31-3)32-13-23(28)26-18-6-4-5-7-19(18)30-2/h4-7,10-12,15-16H,8-9,13-14H2,1-3H3,(H,25,27)(H,26,28). The molecule has 9 nitrogen and oxygen atoms in total. The Morgan fingerprint density at radius 1 is 0.939 bits per heavy atom. The van der Waals surface area contributed by atoms with E-state index in [4.69, 9.17) is 18.9 Å². The summed E-state index contributed by atoms with van der Waals surface area (Å²) in [6.45, 7) is 1.30. The first-order valence-electron chi connectivity index (χ1n) is 10.6. The predicted octanol–water partition coefficient (Wildman–Crippen LogP) is 2.79. The van der Waals surface area contributed by atoms with Crippen molar-refractivity contribution in [2.45, 2.75) is 25.8 Å². The maximum atomic E-state index is 12.3. The minimum absolute atomic E-state index is 0.0768. The van der Waals surface area contributed by atoms with Crippen molar-refractivity contribution in [2.24, 2.45) is 5.92 Å². The largest absolute Gasteiger partial charge is 0.495 e. The van der Waals surface area contributed by atoms with Gasteiger partial charge in [0.1, 0.15) is 5.75 Å². The van der Waals surface area contributed by atoms with Gasteiger partial charge in [0.05, 0.1) is 25.5 Å². The van der Waals surface area contributed by atoms with Gasteiger partial charge in [-0.25, -0.2) is 4.79 Å². The van der Waals surface area contributed by atoms with Crippen LogP contribution in [-0.2, 0) is 14.3 Å². The molecule has 33 heavy (non-hydrogen) atoms. The first-order chi connectivity index (χ1) is 15.9. The van der Waals surface area contributed by atoms with Gasteiger partial charge < -0.3 is 29.6 Å². The summed E-state index contributed by atoms with van der Waals surface area (Å²) in [4.78, 5) is 36.5. The summed E-state index contributed by atoms with van der Waals surface area (Å²) < 4.78 is 21.1. The number of esters is 1. The molecule has 3 rings (SSSR count). The van der Waals surface area contributed by atoms with Gasteiger partial charge in [0.2, 0.25) is 0 Å². The van der Waals surface area contributed by atoms with Gasteiger partial charge in [0.15, 0.2) is 24.7 Å². The van der Waals surface area contributed by atoms with Gasteiger partial charge in [-0.05, 0) is 56.0 Å². The van der Waals surface area contributed by atoms with Crippen LogP contribution < -0.4 is 24.8 Å². The summed E-state index contributed by atoms with van der Waals surface area (Å²) in [5.41, 5.74) is 0.718. The molecular formula is C24H28N2O7. The minimum atomic E-state index is -0.664. The second-order valence-electron chi connectivity index (χ2n) is 7.67. The number of anilines is 1. The molecule has 0 aliphatic heterocycles. The van der Waals surface area contributed by atoms with Crippen molar-refractivity contribution < 1.29 is 33.3 Å². The second-order valence-corrected chi connectivity index (χ2v) is 7.67. The van der Waals surface area contributed by atoms with Crippen molar-refractivity contribution in [3.05, 3.63) is 48.0 Å². The number of nitrogens with one attached hydrogen (secondary N) is 2. The van der Waals surface area contributed by atoms with Crippen LogP contribution in [-0.4, -0.2) is 51.3 Å². The molecule has 1 atom stereocenters. The van der Waals surface area contributed by atoms with Crippen LogP contribution >= 0.6 is 0 Å². The second kappa shape index (κ2) is 11.2. The zero-order valence-corrected chi connectivity index (χ0v) is 18.9. The van der Waals surface area contributed by atoms with Gasteiger partial charge in [-0.3, -0.25) is 9.59 Å². The van der Waals surface area contributed by atoms with E-state index < -0.39 is 11.9 Å². The van der Waals surface area contributed by atoms with Crippen LogP contribution in [0.5, 0.6) is 17.2 Å². The third kappa shape index (κ3) is 6.86. The van der Waals surface area contributed by atoms with Crippen LogP contribution in [0.3, 0.4) is 0 Å². The maximum absolute atomic E-state index is 12.3. The maximum Gasteiger partial charge on any atom is 0.338 e. The lowest BCUT2D eigenvalue weighted by atomic mass is 10.2. The zero-order valence-electron chi connectivity index (χ0n) is 18.9. The quantitative estimate of drug-likeness (QED) is 0.500. The first kappa shape index (κ1) is 23.9. The van der Waals surface area contributed by atoms with Gasteiger partial charge >= 0.3 is 5.97 Å². The molecule has 0 heterocycles. The van der Waals surface area contributed by atoms with E-state index in [0.717, 1.165) is 12.8 Å². The molecule has 2 aromatic carbocycles. The number of methoxy groups -OCH3 is 2. The van der Waals surface area contributed by atoms with E-state index in [1.807, 2.05) is 6.92 Å². The van der Waals surface area contributed by atoms with Crippen LogP contribution in [0, 0.1) is 5.92 Å². The van der Waals surface area contributed by atoms with Crippen molar-refractivity contribution in [1.82, 2.24) is 5.32 Å². The van der Waals surface area contributed by atoms with Crippen LogP contribution in [0.15, 0.2) is 42.5 Å². The van der Waals surface area contributed by atoms with Crippen molar-refractivity contribution in [2.75, 3.05) is 32.8 Å². The lowest BCUT2D eigenvalue weighted by Crippen LogP contribution is -2.37. The summed E-state index contributed by atoms with van der Waals surface area (Å²) in [7, 11) is 2.93. The molecule has 0 aromatic heterocycles. The third-order valence-corrected chi connectivity index (χ3v) is 5.19. The van der Waals surface area contributed by atoms with Crippen LogP contribution in [0.25, 0.3) is 0 Å². The summed E-state index contributed by atoms with van der Waals surface area (Å²) >= 11 is 0. The molecule has 1 unspecified atom stereocenters. The van der Waals surface area contributed by atoms with Gasteiger partial charge in [-0.2, -0.15) is 0 Å². The number of hydrogen-bond donors (Lipinski definition) is 2. The van der Waals surface area contributed by atoms with E-state index in [-0.39, 0.29) is 42.2 Å². The Labute approximate surface area is 192 Å². The fraction of sp³-hybridized carbons (Fsp3) is 0.375. The predicted molar refractivity (Wildman–Crippen MR) is 121 cm³/mol. The van der Waals surface area contributed by atoms with Crippen LogP contribution in [0.2, 0.25) is 0 Å². The van der Waals surface area contributed by atoms with E-state index in [9.17, 15) is 14.4 Å². The molecule has 0 saturated heterocycles. The molecule has 0 radical (unpaired) electrons. The van der Waals surface area contributed by atoms with Gasteiger partial charge in [0, 0.05) is 6.04 Å². The van der Waals surface area contributed by atoms with Crippen molar-refractivity contribution in [3.8, 4) is 17.2 Å². The van der Waals surface area contributed by atoms with Crippen molar-refractivity contribution in [3.63, 3.8) is 0 Å². The molecule has 2 N–H and O–H groups in total. The fourth-order valence-corrected chi connectivity index (χ4v) is 3.22. The summed E-state index contributed by atoms with van der Waals surface area (Å²) in [6.07, 6.45) is 2.22. The Hall–Kier alpha value is -3.75. The summed E-state index contributed by atoms with van der Waals surface area (Å²) in [6, 6.07) is 11.5. The molecule has 1 saturated carbocycles. The number of ether oxygens (including phenoxy) is 4. The number of benzene rings is 2. The van der Waals surface area contributed by atoms with E-state index in [1.165, 1.54) is 32.4 Å². The topological polar surface area (TPSA) is 112 Å². The molecule has 1 aliphatic rings. The monoisotopic (exact) mass is 456 g/mol. The fourth-order valence-electron chi connectivity index (χ4n) is 3.22. The highest BCUT2D eigenvalue weighted by molar-refractivity contribution is 5.94. The third-order valence-electron chi connectivity index (χ3n) is 5.19. The number of rotatable bonds is 11. The number of para-hydroxylation sites is 2. The molecule has 2 aromatic rings. The van der Waals surface area contributed by atoms with Crippen LogP contribution in [0.1, 0.15) is 30.1 Å². The first-order valence-corrected chi connectivity index (χ1v) is 10.6. The van der Waals surface area contributed by atoms with E-state index >= 15 is 0 Å². The molecule has 2 amide bonds. The lowest BCUT2D eigenvalue weighted by Gasteiger charge is -2.14. The number of carbonyl (C=O) groups is 3. The van der Waals surface area contributed by atoms with E-state index in [2.05, 4.69) is 10.6 Å². The zero-order chi connectivity index (χ0) is 23.8. The Kier molecular flexibility index (Phi) is 8.12. The minimum Gasteiger partial charge on any atom is -0.495 e. The average Bonchev–Trinajstić information content (AvgIpc) is 3.67. The molecule has 0 spiro atoms. The smallest absolute Gasteiger partial charge is 0.338 e. The Morgan fingerprint density at radius 3 is 2.36 bits per heavy atom. The Bertz CT molecular complexity index is 1000. The van der Waals surface area contributed by atoms with Gasteiger partial charge in [-0.15, -0.1) is 0 Å². The highest BCUT2D eigenvalue weighted by Crippen LogP contribution is 2.32. The van der Waals surface area contributed by atoms with E-state index in [1.54, 1.807) is 24.3 Å². The molecule has 9 heteroatoms. The van der Waals surface area contributed by atoms with Crippen LogP contribution in [0.4, 0.5) is 5.69 Å². The van der Waals surface area contributed by atoms with Crippen molar-refractivity contribution in [1.29, 1.82) is 0 Å². The van der Waals surface area contributed by atoms with Gasteiger partial charge in [0.25, 0.3) is 11.8 Å². The number of carbonyl (C=O) groups excluding carboxylic acids is 3. The number of amides is 2. The SMILES string of the molecule is COc1ccccc1NC(=O)COc1ccc(C(=O)OCC(=O)NC(C)C2CC2)cc1OC. The number of hydrogen-bond acceptors (Lipinski definition) is 7. The average molecular weight is 456 g/mol.